The van der Waals surface area contributed by atoms with Crippen molar-refractivity contribution in [2.24, 2.45) is 11.8 Å². The van der Waals surface area contributed by atoms with Crippen LogP contribution in [0.4, 0.5) is 0 Å². The molecule has 2 aromatic rings. The van der Waals surface area contributed by atoms with Crippen LogP contribution in [-0.2, 0) is 20.7 Å². The summed E-state index contributed by atoms with van der Waals surface area (Å²) in [4.78, 5) is 18.6. The maximum Gasteiger partial charge on any atom is 0.337 e. The molecule has 0 radical (unpaired) electrons. The molecule has 1 aromatic carbocycles. The summed E-state index contributed by atoms with van der Waals surface area (Å²) >= 11 is 0. The summed E-state index contributed by atoms with van der Waals surface area (Å²) in [6.45, 7) is 5.85. The third-order valence-corrected chi connectivity index (χ3v) is 6.37. The molecule has 2 aliphatic heterocycles. The number of benzene rings is 1. The fraction of sp³-hybridized carbons (Fsp3) is 0.435. The number of aromatic amines is 1. The Hall–Kier alpha value is -2.73. The average molecular weight is 396 g/mol. The van der Waals surface area contributed by atoms with E-state index in [1.807, 2.05) is 18.2 Å². The van der Waals surface area contributed by atoms with Crippen LogP contribution in [0, 0.1) is 11.8 Å². The number of piperidine rings is 1. The van der Waals surface area contributed by atoms with E-state index in [4.69, 9.17) is 14.2 Å². The molecule has 6 nitrogen and oxygen atoms in total. The van der Waals surface area contributed by atoms with E-state index in [9.17, 15) is 4.79 Å². The van der Waals surface area contributed by atoms with Gasteiger partial charge in [0.15, 0.2) is 0 Å². The summed E-state index contributed by atoms with van der Waals surface area (Å²) in [7, 11) is 4.68. The van der Waals surface area contributed by atoms with Gasteiger partial charge in [0.1, 0.15) is 5.75 Å². The van der Waals surface area contributed by atoms with E-state index < -0.39 is 0 Å². The number of hydrogen-bond acceptors (Lipinski definition) is 5. The first-order valence-corrected chi connectivity index (χ1v) is 9.98. The number of rotatable bonds is 5. The van der Waals surface area contributed by atoms with Crippen molar-refractivity contribution < 1.29 is 19.0 Å². The number of hydrogen-bond donors (Lipinski definition) is 1. The Bertz CT molecular complexity index is 961. The van der Waals surface area contributed by atoms with Crippen LogP contribution in [0.1, 0.15) is 23.7 Å². The van der Waals surface area contributed by atoms with Gasteiger partial charge in [-0.3, -0.25) is 4.90 Å². The Labute approximate surface area is 171 Å². The number of carbonyl (C=O) groups excluding carboxylic acids is 1. The molecule has 1 aromatic heterocycles. The van der Waals surface area contributed by atoms with Crippen molar-refractivity contribution >= 4 is 16.9 Å². The number of aromatic nitrogens is 1. The molecule has 6 heteroatoms. The quantitative estimate of drug-likeness (QED) is 0.362. The fourth-order valence-corrected chi connectivity index (χ4v) is 5.04. The molecular formula is C23H28N2O4. The van der Waals surface area contributed by atoms with Gasteiger partial charge in [-0.05, 0) is 36.5 Å². The second kappa shape index (κ2) is 7.95. The first-order chi connectivity index (χ1) is 14.1. The van der Waals surface area contributed by atoms with E-state index in [2.05, 4.69) is 22.5 Å². The van der Waals surface area contributed by atoms with Crippen molar-refractivity contribution in [3.05, 3.63) is 53.9 Å². The third-order valence-electron chi connectivity index (χ3n) is 6.37. The van der Waals surface area contributed by atoms with Gasteiger partial charge in [0.25, 0.3) is 0 Å². The van der Waals surface area contributed by atoms with Crippen LogP contribution in [0.15, 0.2) is 42.7 Å². The van der Waals surface area contributed by atoms with Crippen molar-refractivity contribution in [1.82, 2.24) is 9.88 Å². The molecule has 0 spiro atoms. The summed E-state index contributed by atoms with van der Waals surface area (Å²) in [5.74, 6) is 0.707. The minimum atomic E-state index is -0.341. The van der Waals surface area contributed by atoms with Crippen LogP contribution in [0.5, 0.6) is 5.75 Å². The lowest BCUT2D eigenvalue weighted by Gasteiger charge is -2.45. The predicted octanol–water partition coefficient (Wildman–Crippen LogP) is 3.60. The van der Waals surface area contributed by atoms with Crippen LogP contribution in [-0.4, -0.2) is 50.3 Å². The molecular weight excluding hydrogens is 368 g/mol. The SMILES string of the molecule is C=C[C@@H]1CN2CCc3c([nH]c4cccc(OC)c34)[C@H]2C[C@H]1C(=COC)C(=O)OC. The van der Waals surface area contributed by atoms with Crippen LogP contribution >= 0.6 is 0 Å². The van der Waals surface area contributed by atoms with Crippen molar-refractivity contribution in [3.63, 3.8) is 0 Å². The molecule has 0 aliphatic carbocycles. The van der Waals surface area contributed by atoms with Gasteiger partial charge in [-0.1, -0.05) is 12.1 Å². The van der Waals surface area contributed by atoms with E-state index >= 15 is 0 Å². The Morgan fingerprint density at radius 2 is 2.14 bits per heavy atom. The van der Waals surface area contributed by atoms with Crippen molar-refractivity contribution in [3.8, 4) is 5.75 Å². The highest BCUT2D eigenvalue weighted by Crippen LogP contribution is 2.46. The van der Waals surface area contributed by atoms with Gasteiger partial charge < -0.3 is 19.2 Å². The van der Waals surface area contributed by atoms with Crippen molar-refractivity contribution in [1.29, 1.82) is 0 Å². The number of H-pyrrole nitrogens is 1. The predicted molar refractivity (Wildman–Crippen MR) is 112 cm³/mol. The number of ether oxygens (including phenoxy) is 3. The molecule has 4 rings (SSSR count). The number of nitrogens with zero attached hydrogens (tertiary/aromatic N) is 1. The molecule has 0 unspecified atom stereocenters. The normalized spacial score (nSPS) is 24.5. The summed E-state index contributed by atoms with van der Waals surface area (Å²) < 4.78 is 15.9. The molecule has 0 amide bonds. The highest BCUT2D eigenvalue weighted by molar-refractivity contribution is 5.91. The lowest BCUT2D eigenvalue weighted by atomic mass is 9.75. The molecule has 1 saturated heterocycles. The third kappa shape index (κ3) is 3.21. The van der Waals surface area contributed by atoms with E-state index in [1.54, 1.807) is 14.2 Å². The van der Waals surface area contributed by atoms with Crippen LogP contribution < -0.4 is 4.74 Å². The molecule has 29 heavy (non-hydrogen) atoms. The van der Waals surface area contributed by atoms with Crippen molar-refractivity contribution in [2.75, 3.05) is 34.4 Å². The average Bonchev–Trinajstić information content (AvgIpc) is 3.15. The van der Waals surface area contributed by atoms with Gasteiger partial charge in [-0.15, -0.1) is 6.58 Å². The molecule has 3 atom stereocenters. The van der Waals surface area contributed by atoms with Gasteiger partial charge in [0.2, 0.25) is 0 Å². The minimum Gasteiger partial charge on any atom is -0.504 e. The Balaban J connectivity index is 1.77. The summed E-state index contributed by atoms with van der Waals surface area (Å²) in [6.07, 6.45) is 5.25. The smallest absolute Gasteiger partial charge is 0.337 e. The van der Waals surface area contributed by atoms with E-state index in [1.165, 1.54) is 30.0 Å². The fourth-order valence-electron chi connectivity index (χ4n) is 5.04. The zero-order valence-corrected chi connectivity index (χ0v) is 17.2. The largest absolute Gasteiger partial charge is 0.504 e. The van der Waals surface area contributed by atoms with E-state index in [0.29, 0.717) is 5.57 Å². The van der Waals surface area contributed by atoms with Gasteiger partial charge >= 0.3 is 5.97 Å². The van der Waals surface area contributed by atoms with Gasteiger partial charge in [-0.25, -0.2) is 4.79 Å². The topological polar surface area (TPSA) is 63.8 Å². The number of fused-ring (bicyclic) bond motifs is 5. The van der Waals surface area contributed by atoms with Crippen LogP contribution in [0.3, 0.4) is 0 Å². The standard InChI is InChI=1S/C23H28N2O4/c1-5-14-12-25-10-9-15-21-18(7-6-8-20(21)28-3)24-22(15)19(25)11-16(14)17(13-27-2)23(26)29-4/h5-8,13-14,16,19,24H,1,9-12H2,2-4H3/t14-,16-,19-/m1/s1. The lowest BCUT2D eigenvalue weighted by molar-refractivity contribution is -0.137. The first kappa shape index (κ1) is 19.6. The Morgan fingerprint density at radius 1 is 1.31 bits per heavy atom. The van der Waals surface area contributed by atoms with Crippen LogP contribution in [0.2, 0.25) is 0 Å². The second-order valence-electron chi connectivity index (χ2n) is 7.70. The maximum absolute atomic E-state index is 12.4. The van der Waals surface area contributed by atoms with Gasteiger partial charge in [0, 0.05) is 35.6 Å². The number of esters is 1. The number of methoxy groups -OCH3 is 3. The minimum absolute atomic E-state index is 0.0135. The zero-order chi connectivity index (χ0) is 20.5. The summed E-state index contributed by atoms with van der Waals surface area (Å²) in [5, 5.41) is 1.17. The summed E-state index contributed by atoms with van der Waals surface area (Å²) in [5.41, 5.74) is 4.22. The molecule has 3 heterocycles. The zero-order valence-electron chi connectivity index (χ0n) is 17.2. The maximum atomic E-state index is 12.4. The molecule has 1 fully saturated rings. The van der Waals surface area contributed by atoms with Crippen LogP contribution in [0.25, 0.3) is 10.9 Å². The molecule has 0 saturated carbocycles. The monoisotopic (exact) mass is 396 g/mol. The van der Waals surface area contributed by atoms with E-state index in [0.717, 1.165) is 37.2 Å². The molecule has 2 aliphatic rings. The molecule has 1 N–H and O–H groups in total. The van der Waals surface area contributed by atoms with Crippen molar-refractivity contribution in [2.45, 2.75) is 18.9 Å². The molecule has 0 bridgehead atoms. The van der Waals surface area contributed by atoms with Gasteiger partial charge in [-0.2, -0.15) is 0 Å². The summed E-state index contributed by atoms with van der Waals surface area (Å²) in [6, 6.07) is 6.31. The highest BCUT2D eigenvalue weighted by Gasteiger charge is 2.42. The number of nitrogens with one attached hydrogen (secondary N) is 1. The molecule has 154 valence electrons. The highest BCUT2D eigenvalue weighted by atomic mass is 16.5. The lowest BCUT2D eigenvalue weighted by Crippen LogP contribution is -2.46. The Morgan fingerprint density at radius 3 is 2.83 bits per heavy atom. The van der Waals surface area contributed by atoms with E-state index in [-0.39, 0.29) is 23.8 Å². The Kier molecular flexibility index (Phi) is 5.37. The first-order valence-electron chi connectivity index (χ1n) is 9.98. The van der Waals surface area contributed by atoms with Gasteiger partial charge in [0.05, 0.1) is 39.2 Å². The second-order valence-corrected chi connectivity index (χ2v) is 7.70. The number of carbonyl (C=O) groups is 1.